The number of nitrogens with one attached hydrogen (secondary N) is 2. The highest BCUT2D eigenvalue weighted by Crippen LogP contribution is 2.31. The molecule has 5 rings (SSSR count). The van der Waals surface area contributed by atoms with E-state index in [2.05, 4.69) is 20.6 Å². The summed E-state index contributed by atoms with van der Waals surface area (Å²) in [6.07, 6.45) is -0.306. The molecule has 176 valence electrons. The van der Waals surface area contributed by atoms with Crippen molar-refractivity contribution >= 4 is 17.7 Å². The van der Waals surface area contributed by atoms with Gasteiger partial charge in [-0.2, -0.15) is 0 Å². The summed E-state index contributed by atoms with van der Waals surface area (Å²) in [5, 5.41) is 5.91. The molecule has 0 radical (unpaired) electrons. The third kappa shape index (κ3) is 4.78. The van der Waals surface area contributed by atoms with Crippen molar-refractivity contribution in [3.63, 3.8) is 0 Å². The number of aromatic nitrogens is 2. The number of amides is 1. The molecule has 3 aromatic rings. The maximum Gasteiger partial charge on any atom is 0.412 e. The van der Waals surface area contributed by atoms with Gasteiger partial charge in [0.15, 0.2) is 6.10 Å². The predicted molar refractivity (Wildman–Crippen MR) is 121 cm³/mol. The maximum absolute atomic E-state index is 13.6. The Kier molecular flexibility index (Phi) is 6.24. The molecule has 34 heavy (non-hydrogen) atoms. The molecule has 9 nitrogen and oxygen atoms in total. The van der Waals surface area contributed by atoms with Crippen molar-refractivity contribution in [3.05, 3.63) is 66.6 Å². The number of benzene rings is 2. The van der Waals surface area contributed by atoms with Crippen LogP contribution in [-0.2, 0) is 14.2 Å². The van der Waals surface area contributed by atoms with Gasteiger partial charge in [0.1, 0.15) is 23.8 Å². The fourth-order valence-electron chi connectivity index (χ4n) is 4.08. The average molecular weight is 466 g/mol. The van der Waals surface area contributed by atoms with E-state index in [0.29, 0.717) is 35.2 Å². The molecule has 1 aromatic heterocycles. The second kappa shape index (κ2) is 9.62. The van der Waals surface area contributed by atoms with Crippen molar-refractivity contribution in [2.75, 3.05) is 31.0 Å². The van der Waals surface area contributed by atoms with Crippen LogP contribution in [0, 0.1) is 5.82 Å². The highest BCUT2D eigenvalue weighted by atomic mass is 19.1. The van der Waals surface area contributed by atoms with Gasteiger partial charge in [-0.05, 0) is 30.3 Å². The normalized spacial score (nSPS) is 23.2. The first-order valence-electron chi connectivity index (χ1n) is 10.8. The zero-order valence-electron chi connectivity index (χ0n) is 18.3. The van der Waals surface area contributed by atoms with Gasteiger partial charge in [-0.15, -0.1) is 0 Å². The monoisotopic (exact) mass is 466 g/mol. The number of carbonyl (C=O) groups excluding carboxylic acids is 1. The van der Waals surface area contributed by atoms with E-state index in [1.165, 1.54) is 12.1 Å². The van der Waals surface area contributed by atoms with Crippen molar-refractivity contribution in [3.8, 4) is 17.0 Å². The van der Waals surface area contributed by atoms with Gasteiger partial charge in [0, 0.05) is 23.5 Å². The van der Waals surface area contributed by atoms with Crippen molar-refractivity contribution in [1.82, 2.24) is 9.97 Å². The van der Waals surface area contributed by atoms with Gasteiger partial charge in [-0.25, -0.2) is 19.2 Å². The number of hydrogen-bond donors (Lipinski definition) is 2. The Morgan fingerprint density at radius 2 is 1.94 bits per heavy atom. The number of hydrogen-bond acceptors (Lipinski definition) is 8. The molecule has 4 atom stereocenters. The van der Waals surface area contributed by atoms with Gasteiger partial charge in [-0.1, -0.05) is 18.2 Å². The summed E-state index contributed by atoms with van der Waals surface area (Å²) in [6, 6.07) is 14.7. The minimum absolute atomic E-state index is 0.212. The largest absolute Gasteiger partial charge is 0.497 e. The van der Waals surface area contributed by atoms with E-state index in [4.69, 9.17) is 18.9 Å². The third-order valence-corrected chi connectivity index (χ3v) is 5.67. The molecule has 0 saturated carbocycles. The van der Waals surface area contributed by atoms with E-state index in [9.17, 15) is 9.18 Å². The average Bonchev–Trinajstić information content (AvgIpc) is 3.42. The number of anilines is 2. The molecule has 2 aliphatic rings. The lowest BCUT2D eigenvalue weighted by Crippen LogP contribution is -2.38. The highest BCUT2D eigenvalue weighted by Gasteiger charge is 2.49. The lowest BCUT2D eigenvalue weighted by Gasteiger charge is -2.18. The van der Waals surface area contributed by atoms with Crippen LogP contribution >= 0.6 is 0 Å². The molecular formula is C24H23FN4O5. The fourth-order valence-corrected chi connectivity index (χ4v) is 4.08. The molecule has 1 amide bonds. The minimum atomic E-state index is -0.603. The number of ether oxygens (including phenoxy) is 4. The van der Waals surface area contributed by atoms with Crippen molar-refractivity contribution < 1.29 is 28.1 Å². The summed E-state index contributed by atoms with van der Waals surface area (Å²) in [6.45, 7) is 0.545. The van der Waals surface area contributed by atoms with Gasteiger partial charge in [-0.3, -0.25) is 5.32 Å². The fraction of sp³-hybridized carbons (Fsp3) is 0.292. The molecule has 0 unspecified atom stereocenters. The molecule has 2 fully saturated rings. The van der Waals surface area contributed by atoms with Crippen LogP contribution in [0.4, 0.5) is 20.8 Å². The second-order valence-electron chi connectivity index (χ2n) is 7.92. The van der Waals surface area contributed by atoms with Crippen LogP contribution in [-0.4, -0.2) is 60.7 Å². The van der Waals surface area contributed by atoms with Crippen LogP contribution < -0.4 is 15.4 Å². The van der Waals surface area contributed by atoms with Crippen LogP contribution in [0.5, 0.6) is 5.75 Å². The number of halogens is 1. The second-order valence-corrected chi connectivity index (χ2v) is 7.92. The minimum Gasteiger partial charge on any atom is -0.497 e. The molecular weight excluding hydrogens is 443 g/mol. The van der Waals surface area contributed by atoms with Crippen molar-refractivity contribution in [1.29, 1.82) is 0 Å². The van der Waals surface area contributed by atoms with Gasteiger partial charge >= 0.3 is 6.09 Å². The summed E-state index contributed by atoms with van der Waals surface area (Å²) in [5.41, 5.74) is 1.80. The molecule has 3 heterocycles. The molecule has 0 bridgehead atoms. The van der Waals surface area contributed by atoms with Gasteiger partial charge in [0.25, 0.3) is 0 Å². The molecule has 2 N–H and O–H groups in total. The topological polar surface area (TPSA) is 104 Å². The standard InChI is InChI=1S/C24H23FN4O5/c1-31-17-7-3-6-16(11-17)27-24(30)34-20-13-33-21-19(12-32-22(20)21)29-23-26-9-8-18(28-23)14-4-2-5-15(25)10-14/h2-11,19-22H,12-13H2,1H3,(H,27,30)(H,26,28,29)/t19-,20+,21+,22+/m0/s1. The summed E-state index contributed by atoms with van der Waals surface area (Å²) in [4.78, 5) is 21.1. The van der Waals surface area contributed by atoms with E-state index in [0.717, 1.165) is 0 Å². The van der Waals surface area contributed by atoms with E-state index in [-0.39, 0.29) is 24.6 Å². The number of fused-ring (bicyclic) bond motifs is 1. The maximum atomic E-state index is 13.6. The first-order chi connectivity index (χ1) is 16.6. The van der Waals surface area contributed by atoms with Gasteiger partial charge in [0.05, 0.1) is 32.1 Å². The summed E-state index contributed by atoms with van der Waals surface area (Å²) in [5.74, 6) is 0.664. The van der Waals surface area contributed by atoms with E-state index in [1.54, 1.807) is 55.8 Å². The quantitative estimate of drug-likeness (QED) is 0.569. The summed E-state index contributed by atoms with van der Waals surface area (Å²) >= 11 is 0. The Morgan fingerprint density at radius 3 is 2.79 bits per heavy atom. The predicted octanol–water partition coefficient (Wildman–Crippen LogP) is 3.49. The summed E-state index contributed by atoms with van der Waals surface area (Å²) in [7, 11) is 1.55. The Hall–Kier alpha value is -3.76. The van der Waals surface area contributed by atoms with Crippen molar-refractivity contribution in [2.24, 2.45) is 0 Å². The van der Waals surface area contributed by atoms with E-state index >= 15 is 0 Å². The first kappa shape index (κ1) is 22.1. The molecule has 10 heteroatoms. The third-order valence-electron chi connectivity index (χ3n) is 5.67. The van der Waals surface area contributed by atoms with Crippen LogP contribution in [0.15, 0.2) is 60.8 Å². The number of nitrogens with zero attached hydrogens (tertiary/aromatic N) is 2. The first-order valence-corrected chi connectivity index (χ1v) is 10.8. The zero-order chi connectivity index (χ0) is 23.5. The summed E-state index contributed by atoms with van der Waals surface area (Å²) < 4.78 is 36.0. The van der Waals surface area contributed by atoms with Crippen LogP contribution in [0.25, 0.3) is 11.3 Å². The smallest absolute Gasteiger partial charge is 0.412 e. The molecule has 2 aromatic carbocycles. The lowest BCUT2D eigenvalue weighted by atomic mass is 10.1. The van der Waals surface area contributed by atoms with Crippen LogP contribution in [0.1, 0.15) is 0 Å². The Bertz CT molecular complexity index is 1180. The molecule has 0 aliphatic carbocycles. The van der Waals surface area contributed by atoms with E-state index < -0.39 is 18.3 Å². The Balaban J connectivity index is 1.19. The Morgan fingerprint density at radius 1 is 1.09 bits per heavy atom. The molecule has 0 spiro atoms. The lowest BCUT2D eigenvalue weighted by molar-refractivity contribution is 0.00917. The number of carbonyl (C=O) groups is 1. The highest BCUT2D eigenvalue weighted by molar-refractivity contribution is 5.85. The molecule has 2 aliphatic heterocycles. The van der Waals surface area contributed by atoms with Gasteiger partial charge in [0.2, 0.25) is 5.95 Å². The van der Waals surface area contributed by atoms with Crippen molar-refractivity contribution in [2.45, 2.75) is 24.4 Å². The van der Waals surface area contributed by atoms with Crippen LogP contribution in [0.3, 0.4) is 0 Å². The number of methoxy groups -OCH3 is 1. The van der Waals surface area contributed by atoms with E-state index in [1.807, 2.05) is 0 Å². The Labute approximate surface area is 195 Å². The molecule has 2 saturated heterocycles. The SMILES string of the molecule is COc1cccc(NC(=O)O[C@@H]2CO[C@H]3[C@@H]2OC[C@@H]3Nc2nccc(-c3cccc(F)c3)n2)c1. The zero-order valence-corrected chi connectivity index (χ0v) is 18.3. The van der Waals surface area contributed by atoms with Gasteiger partial charge < -0.3 is 24.3 Å². The van der Waals surface area contributed by atoms with Crippen LogP contribution in [0.2, 0.25) is 0 Å². The number of rotatable bonds is 6.